The fourth-order valence-electron chi connectivity index (χ4n) is 5.68. The summed E-state index contributed by atoms with van der Waals surface area (Å²) in [6.07, 6.45) is -10.3. The van der Waals surface area contributed by atoms with Gasteiger partial charge in [0.25, 0.3) is 11.5 Å². The van der Waals surface area contributed by atoms with Crippen molar-refractivity contribution in [3.8, 4) is 17.4 Å². The van der Waals surface area contributed by atoms with E-state index >= 15 is 0 Å². The minimum Gasteiger partial charge on any atom is -0.489 e. The molecule has 1 aromatic heterocycles. The van der Waals surface area contributed by atoms with Crippen LogP contribution < -0.4 is 14.8 Å². The summed E-state index contributed by atoms with van der Waals surface area (Å²) in [5.41, 5.74) is -4.23. The van der Waals surface area contributed by atoms with Gasteiger partial charge < -0.3 is 19.9 Å². The monoisotopic (exact) mass is 715 g/mol. The van der Waals surface area contributed by atoms with Gasteiger partial charge >= 0.3 is 18.4 Å². The number of ether oxygens (including phenoxy) is 2. The number of hydrogen-bond donors (Lipinski definition) is 2. The summed E-state index contributed by atoms with van der Waals surface area (Å²) in [7, 11) is 0. The van der Waals surface area contributed by atoms with Crippen LogP contribution >= 0.6 is 0 Å². The quantitative estimate of drug-likeness (QED) is 0.120. The largest absolute Gasteiger partial charge is 0.489 e. The summed E-state index contributed by atoms with van der Waals surface area (Å²) >= 11 is 0. The Bertz CT molecular complexity index is 1900. The Hall–Kier alpha value is -5.11. The molecule has 270 valence electrons. The van der Waals surface area contributed by atoms with Crippen LogP contribution in [0.1, 0.15) is 59.2 Å². The molecule has 51 heavy (non-hydrogen) atoms. The van der Waals surface area contributed by atoms with E-state index in [1.807, 2.05) is 31.2 Å². The Balaban J connectivity index is 1.33. The molecule has 0 saturated carbocycles. The van der Waals surface area contributed by atoms with E-state index in [0.29, 0.717) is 47.6 Å². The Morgan fingerprint density at radius 3 is 2.14 bits per heavy atom. The van der Waals surface area contributed by atoms with E-state index < -0.39 is 41.0 Å². The Morgan fingerprint density at radius 1 is 0.882 bits per heavy atom. The molecule has 4 aromatic rings. The van der Waals surface area contributed by atoms with E-state index in [4.69, 9.17) is 9.47 Å². The third kappa shape index (κ3) is 7.36. The minimum atomic E-state index is -6.04. The molecule has 1 aliphatic heterocycles. The average Bonchev–Trinajstić information content (AvgIpc) is 3.29. The van der Waals surface area contributed by atoms with Gasteiger partial charge in [0.05, 0.1) is 6.54 Å². The zero-order valence-electron chi connectivity index (χ0n) is 28.1. The number of rotatable bonds is 11. The van der Waals surface area contributed by atoms with E-state index in [0.717, 1.165) is 22.1 Å². The number of aliphatic hydroxyl groups is 1. The molecular weight excluding hydrogens is 680 g/mol. The van der Waals surface area contributed by atoms with E-state index in [2.05, 4.69) is 10.3 Å². The highest BCUT2D eigenvalue weighted by Gasteiger charge is 2.71. The minimum absolute atomic E-state index is 0.0224. The van der Waals surface area contributed by atoms with Crippen molar-refractivity contribution in [2.75, 3.05) is 0 Å². The van der Waals surface area contributed by atoms with Crippen LogP contribution in [0, 0.1) is 13.8 Å². The van der Waals surface area contributed by atoms with Gasteiger partial charge in [-0.3, -0.25) is 9.69 Å². The number of aromatic nitrogens is 1. The van der Waals surface area contributed by atoms with E-state index in [1.165, 1.54) is 12.3 Å². The number of urea groups is 1. The molecule has 0 aliphatic carbocycles. The number of benzene rings is 3. The van der Waals surface area contributed by atoms with Crippen LogP contribution in [0.25, 0.3) is 0 Å². The summed E-state index contributed by atoms with van der Waals surface area (Å²) in [4.78, 5) is 32.0. The highest BCUT2D eigenvalue weighted by Crippen LogP contribution is 2.50. The molecule has 14 heteroatoms. The summed E-state index contributed by atoms with van der Waals surface area (Å²) < 4.78 is 92.9. The number of alkyl halides is 6. The summed E-state index contributed by atoms with van der Waals surface area (Å²) in [6, 6.07) is 17.5. The smallest absolute Gasteiger partial charge is 0.430 e. The average molecular weight is 716 g/mol. The van der Waals surface area contributed by atoms with Gasteiger partial charge in [-0.05, 0) is 79.3 Å². The SMILES string of the molecule is CCCc1cc(C(O)(C(F)(F)F)C(F)(F)F)ccc1Oc1cc(CN2C(=O)NC(C)(c3ccc(OCc4ccc(C)cc4)cc3)C2=O)c(C)cn1. The molecule has 1 atom stereocenters. The molecular formula is C37H35F6N3O5. The number of carbonyl (C=O) groups excluding carboxylic acids is 2. The van der Waals surface area contributed by atoms with E-state index in [9.17, 15) is 41.0 Å². The third-order valence-electron chi connectivity index (χ3n) is 8.78. The van der Waals surface area contributed by atoms with Gasteiger partial charge in [0, 0.05) is 17.8 Å². The first kappa shape index (κ1) is 37.2. The molecule has 3 aromatic carbocycles. The number of carbonyl (C=O) groups is 2. The zero-order chi connectivity index (χ0) is 37.4. The van der Waals surface area contributed by atoms with Gasteiger partial charge in [-0.25, -0.2) is 9.78 Å². The Labute approximate surface area is 290 Å². The lowest BCUT2D eigenvalue weighted by Gasteiger charge is -2.33. The number of halogens is 6. The zero-order valence-corrected chi connectivity index (χ0v) is 28.1. The fourth-order valence-corrected chi connectivity index (χ4v) is 5.68. The molecule has 3 amide bonds. The molecule has 1 saturated heterocycles. The van der Waals surface area contributed by atoms with Gasteiger partial charge in [0.15, 0.2) is 0 Å². The van der Waals surface area contributed by atoms with E-state index in [1.54, 1.807) is 45.0 Å². The summed E-state index contributed by atoms with van der Waals surface area (Å²) in [5.74, 6) is -0.117. The lowest BCUT2D eigenvalue weighted by atomic mass is 9.90. The lowest BCUT2D eigenvalue weighted by Crippen LogP contribution is -2.53. The molecule has 0 spiro atoms. The predicted octanol–water partition coefficient (Wildman–Crippen LogP) is 8.30. The van der Waals surface area contributed by atoms with Crippen molar-refractivity contribution in [3.05, 3.63) is 118 Å². The predicted molar refractivity (Wildman–Crippen MR) is 174 cm³/mol. The summed E-state index contributed by atoms with van der Waals surface area (Å²) in [6.45, 7) is 7.09. The van der Waals surface area contributed by atoms with Crippen molar-refractivity contribution in [2.45, 2.75) is 77.2 Å². The van der Waals surface area contributed by atoms with Gasteiger partial charge in [-0.15, -0.1) is 0 Å². The number of nitrogens with zero attached hydrogens (tertiary/aromatic N) is 2. The second-order valence-corrected chi connectivity index (χ2v) is 12.6. The topological polar surface area (TPSA) is 101 Å². The second-order valence-electron chi connectivity index (χ2n) is 12.6. The number of pyridine rings is 1. The summed E-state index contributed by atoms with van der Waals surface area (Å²) in [5, 5.41) is 12.6. The van der Waals surface area contributed by atoms with Gasteiger partial charge in [0.1, 0.15) is 23.6 Å². The van der Waals surface area contributed by atoms with Crippen molar-refractivity contribution < 1.29 is 50.5 Å². The highest BCUT2D eigenvalue weighted by atomic mass is 19.4. The number of amides is 3. The maximum atomic E-state index is 13.7. The van der Waals surface area contributed by atoms with Crippen LogP contribution in [0.2, 0.25) is 0 Å². The molecule has 1 fully saturated rings. The molecule has 2 heterocycles. The van der Waals surface area contributed by atoms with Crippen molar-refractivity contribution in [3.63, 3.8) is 0 Å². The molecule has 5 rings (SSSR count). The van der Waals surface area contributed by atoms with Crippen molar-refractivity contribution in [2.24, 2.45) is 0 Å². The van der Waals surface area contributed by atoms with Crippen LogP contribution in [0.3, 0.4) is 0 Å². The standard InChI is InChI=1S/C37H35F6N3O5/c1-5-6-25-17-28(35(49,36(38,39)40)37(41,42)43)13-16-30(25)51-31-18-26(23(3)19-44-31)20-46-32(47)34(4,45-33(46)48)27-11-14-29(15-12-27)50-21-24-9-7-22(2)8-10-24/h7-19,49H,5-6,20-21H2,1-4H3,(H,45,48). The normalized spacial score (nSPS) is 16.7. The number of aryl methyl sites for hydroxylation is 3. The van der Waals surface area contributed by atoms with Crippen LogP contribution in [-0.4, -0.2) is 39.3 Å². The van der Waals surface area contributed by atoms with Gasteiger partial charge in [-0.1, -0.05) is 61.4 Å². The maximum absolute atomic E-state index is 13.7. The third-order valence-corrected chi connectivity index (χ3v) is 8.78. The van der Waals surface area contributed by atoms with Gasteiger partial charge in [-0.2, -0.15) is 26.3 Å². The maximum Gasteiger partial charge on any atom is 0.430 e. The Morgan fingerprint density at radius 2 is 1.53 bits per heavy atom. The molecule has 0 bridgehead atoms. The molecule has 2 N–H and O–H groups in total. The number of nitrogens with one attached hydrogen (secondary N) is 1. The van der Waals surface area contributed by atoms with Crippen LogP contribution in [0.15, 0.2) is 79.0 Å². The lowest BCUT2D eigenvalue weighted by molar-refractivity contribution is -0.376. The van der Waals surface area contributed by atoms with Crippen LogP contribution in [0.4, 0.5) is 31.1 Å². The van der Waals surface area contributed by atoms with Crippen molar-refractivity contribution in [1.82, 2.24) is 15.2 Å². The fraction of sp³-hybridized carbons (Fsp3) is 0.324. The number of hydrogen-bond acceptors (Lipinski definition) is 6. The first-order chi connectivity index (χ1) is 23.9. The molecule has 1 unspecified atom stereocenters. The highest BCUT2D eigenvalue weighted by molar-refractivity contribution is 6.07. The molecule has 8 nitrogen and oxygen atoms in total. The van der Waals surface area contributed by atoms with Crippen LogP contribution in [0.5, 0.6) is 17.4 Å². The Kier molecular flexibility index (Phi) is 10.1. The van der Waals surface area contributed by atoms with Crippen molar-refractivity contribution in [1.29, 1.82) is 0 Å². The number of imide groups is 1. The molecule has 0 radical (unpaired) electrons. The first-order valence-corrected chi connectivity index (χ1v) is 15.9. The van der Waals surface area contributed by atoms with Crippen molar-refractivity contribution >= 4 is 11.9 Å². The second kappa shape index (κ2) is 13.9. The molecule has 1 aliphatic rings. The van der Waals surface area contributed by atoms with E-state index in [-0.39, 0.29) is 30.2 Å². The van der Waals surface area contributed by atoms with Gasteiger partial charge in [0.2, 0.25) is 5.88 Å². The first-order valence-electron chi connectivity index (χ1n) is 15.9. The van der Waals surface area contributed by atoms with Crippen LogP contribution in [-0.2, 0) is 35.5 Å².